The summed E-state index contributed by atoms with van der Waals surface area (Å²) in [7, 11) is 0. The van der Waals surface area contributed by atoms with E-state index >= 15 is 0 Å². The molecule has 86 valence electrons. The van der Waals surface area contributed by atoms with Gasteiger partial charge in [0.05, 0.1) is 13.0 Å². The minimum absolute atomic E-state index is 0.0790. The summed E-state index contributed by atoms with van der Waals surface area (Å²) in [5.74, 6) is 0.0790. The van der Waals surface area contributed by atoms with E-state index in [-0.39, 0.29) is 5.91 Å². The normalized spacial score (nSPS) is 14.2. The van der Waals surface area contributed by atoms with Crippen molar-refractivity contribution in [2.75, 3.05) is 4.90 Å². The van der Waals surface area contributed by atoms with Crippen molar-refractivity contribution in [1.82, 2.24) is 9.59 Å². The van der Waals surface area contributed by atoms with Crippen molar-refractivity contribution in [3.8, 4) is 0 Å². The number of rotatable bonds is 2. The molecule has 2 aromatic rings. The standard InChI is InChI=1S/C11H8ClN3OS/c12-11-8(13-14-17-11)6-15-9-4-2-1-3-7(9)5-10(15)16/h1-4H,5-6H2. The van der Waals surface area contributed by atoms with Crippen molar-refractivity contribution >= 4 is 34.7 Å². The third-order valence-corrected chi connectivity index (χ3v) is 3.73. The van der Waals surface area contributed by atoms with Crippen LogP contribution in [-0.2, 0) is 17.8 Å². The SMILES string of the molecule is O=C1Cc2ccccc2N1Cc1nnsc1Cl. The van der Waals surface area contributed by atoms with Crippen LogP contribution in [-0.4, -0.2) is 15.5 Å². The lowest BCUT2D eigenvalue weighted by atomic mass is 10.2. The number of benzene rings is 1. The quantitative estimate of drug-likeness (QED) is 0.837. The molecule has 1 aromatic carbocycles. The molecule has 1 amide bonds. The van der Waals surface area contributed by atoms with Crippen LogP contribution in [0.4, 0.5) is 5.69 Å². The van der Waals surface area contributed by atoms with Gasteiger partial charge in [0.25, 0.3) is 0 Å². The van der Waals surface area contributed by atoms with Crippen molar-refractivity contribution in [3.63, 3.8) is 0 Å². The highest BCUT2D eigenvalue weighted by Crippen LogP contribution is 2.31. The molecule has 6 heteroatoms. The van der Waals surface area contributed by atoms with Crippen molar-refractivity contribution in [1.29, 1.82) is 0 Å². The zero-order valence-corrected chi connectivity index (χ0v) is 10.3. The zero-order valence-electron chi connectivity index (χ0n) is 8.76. The molecule has 1 aliphatic heterocycles. The molecule has 0 radical (unpaired) electrons. The number of aromatic nitrogens is 2. The first-order valence-corrected chi connectivity index (χ1v) is 6.26. The summed E-state index contributed by atoms with van der Waals surface area (Å²) in [5, 5.41) is 3.93. The van der Waals surface area contributed by atoms with E-state index in [9.17, 15) is 4.79 Å². The Bertz CT molecular complexity index is 584. The summed E-state index contributed by atoms with van der Waals surface area (Å²) in [6.45, 7) is 0.394. The van der Waals surface area contributed by atoms with E-state index in [2.05, 4.69) is 9.59 Å². The van der Waals surface area contributed by atoms with Crippen LogP contribution in [0.2, 0.25) is 4.34 Å². The highest BCUT2D eigenvalue weighted by molar-refractivity contribution is 7.10. The maximum absolute atomic E-state index is 11.9. The van der Waals surface area contributed by atoms with Gasteiger partial charge in [0, 0.05) is 17.2 Å². The minimum atomic E-state index is 0.0790. The summed E-state index contributed by atoms with van der Waals surface area (Å²) in [5.41, 5.74) is 2.65. The molecule has 0 saturated heterocycles. The van der Waals surface area contributed by atoms with E-state index in [0.29, 0.717) is 23.0 Å². The maximum atomic E-state index is 11.9. The molecule has 17 heavy (non-hydrogen) atoms. The summed E-state index contributed by atoms with van der Waals surface area (Å²) < 4.78 is 4.31. The number of carbonyl (C=O) groups excluding carboxylic acids is 1. The molecule has 0 spiro atoms. The van der Waals surface area contributed by atoms with E-state index in [0.717, 1.165) is 22.8 Å². The van der Waals surface area contributed by atoms with E-state index in [1.165, 1.54) is 0 Å². The summed E-state index contributed by atoms with van der Waals surface area (Å²) in [6, 6.07) is 7.76. The number of carbonyl (C=O) groups is 1. The molecule has 3 rings (SSSR count). The molecular weight excluding hydrogens is 258 g/mol. The van der Waals surface area contributed by atoms with Crippen molar-refractivity contribution < 1.29 is 4.79 Å². The Kier molecular flexibility index (Phi) is 2.57. The number of para-hydroxylation sites is 1. The lowest BCUT2D eigenvalue weighted by Gasteiger charge is -2.15. The largest absolute Gasteiger partial charge is 0.306 e. The average molecular weight is 266 g/mol. The van der Waals surface area contributed by atoms with Gasteiger partial charge in [0.15, 0.2) is 0 Å². The summed E-state index contributed by atoms with van der Waals surface area (Å²) >= 11 is 7.09. The van der Waals surface area contributed by atoms with Gasteiger partial charge >= 0.3 is 0 Å². The van der Waals surface area contributed by atoms with Crippen LogP contribution in [0.1, 0.15) is 11.3 Å². The zero-order chi connectivity index (χ0) is 11.8. The van der Waals surface area contributed by atoms with Gasteiger partial charge in [-0.25, -0.2) is 0 Å². The Balaban J connectivity index is 1.94. The van der Waals surface area contributed by atoms with Crippen molar-refractivity contribution in [2.24, 2.45) is 0 Å². The third-order valence-electron chi connectivity index (χ3n) is 2.74. The number of fused-ring (bicyclic) bond motifs is 1. The second-order valence-corrected chi connectivity index (χ2v) is 5.13. The fourth-order valence-electron chi connectivity index (χ4n) is 1.93. The summed E-state index contributed by atoms with van der Waals surface area (Å²) in [6.07, 6.45) is 0.450. The van der Waals surface area contributed by atoms with Gasteiger partial charge in [0.2, 0.25) is 5.91 Å². The topological polar surface area (TPSA) is 46.1 Å². The van der Waals surface area contributed by atoms with Crippen LogP contribution in [0.15, 0.2) is 24.3 Å². The van der Waals surface area contributed by atoms with Crippen LogP contribution < -0.4 is 4.90 Å². The smallest absolute Gasteiger partial charge is 0.231 e. The van der Waals surface area contributed by atoms with E-state index in [1.807, 2.05) is 24.3 Å². The van der Waals surface area contributed by atoms with Crippen molar-refractivity contribution in [3.05, 3.63) is 39.9 Å². The molecule has 1 aliphatic rings. The van der Waals surface area contributed by atoms with Crippen molar-refractivity contribution in [2.45, 2.75) is 13.0 Å². The second-order valence-electron chi connectivity index (χ2n) is 3.78. The Labute approximate surface area is 107 Å². The number of hydrogen-bond acceptors (Lipinski definition) is 4. The Morgan fingerprint density at radius 1 is 1.41 bits per heavy atom. The fourth-order valence-corrected chi connectivity index (χ4v) is 2.54. The first kappa shape index (κ1) is 10.7. The second kappa shape index (κ2) is 4.09. The molecule has 4 nitrogen and oxygen atoms in total. The molecule has 0 N–H and O–H groups in total. The average Bonchev–Trinajstić information content (AvgIpc) is 2.85. The predicted octanol–water partition coefficient (Wildman–Crippen LogP) is 2.28. The Hall–Kier alpha value is -1.46. The highest BCUT2D eigenvalue weighted by Gasteiger charge is 2.27. The number of amides is 1. The van der Waals surface area contributed by atoms with Crippen LogP contribution in [0, 0.1) is 0 Å². The first-order valence-electron chi connectivity index (χ1n) is 5.10. The van der Waals surface area contributed by atoms with Gasteiger partial charge in [-0.1, -0.05) is 34.3 Å². The molecule has 0 bridgehead atoms. The first-order chi connectivity index (χ1) is 8.25. The highest BCUT2D eigenvalue weighted by atomic mass is 35.5. The maximum Gasteiger partial charge on any atom is 0.231 e. The van der Waals surface area contributed by atoms with Crippen LogP contribution in [0.5, 0.6) is 0 Å². The molecule has 2 heterocycles. The van der Waals surface area contributed by atoms with E-state index in [1.54, 1.807) is 4.90 Å². The third kappa shape index (κ3) is 1.81. The van der Waals surface area contributed by atoms with Gasteiger partial charge in [-0.3, -0.25) is 4.79 Å². The van der Waals surface area contributed by atoms with Crippen LogP contribution >= 0.6 is 23.1 Å². The number of nitrogens with zero attached hydrogens (tertiary/aromatic N) is 3. The number of hydrogen-bond donors (Lipinski definition) is 0. The number of halogens is 1. The molecule has 0 unspecified atom stereocenters. The molecule has 0 saturated carbocycles. The Morgan fingerprint density at radius 3 is 3.00 bits per heavy atom. The molecule has 1 aromatic heterocycles. The fraction of sp³-hybridized carbons (Fsp3) is 0.182. The molecule has 0 aliphatic carbocycles. The van der Waals surface area contributed by atoms with Gasteiger partial charge < -0.3 is 4.90 Å². The van der Waals surface area contributed by atoms with Crippen LogP contribution in [0.25, 0.3) is 0 Å². The van der Waals surface area contributed by atoms with Gasteiger partial charge in [-0.05, 0) is 11.6 Å². The minimum Gasteiger partial charge on any atom is -0.306 e. The molecule has 0 fully saturated rings. The molecule has 0 atom stereocenters. The van der Waals surface area contributed by atoms with Gasteiger partial charge in [-0.15, -0.1) is 5.10 Å². The van der Waals surface area contributed by atoms with Gasteiger partial charge in [-0.2, -0.15) is 0 Å². The Morgan fingerprint density at radius 2 is 2.24 bits per heavy atom. The number of anilines is 1. The van der Waals surface area contributed by atoms with E-state index < -0.39 is 0 Å². The predicted molar refractivity (Wildman–Crippen MR) is 66.3 cm³/mol. The van der Waals surface area contributed by atoms with E-state index in [4.69, 9.17) is 11.6 Å². The lowest BCUT2D eigenvalue weighted by Crippen LogP contribution is -2.26. The monoisotopic (exact) mass is 265 g/mol. The van der Waals surface area contributed by atoms with Gasteiger partial charge in [0.1, 0.15) is 10.0 Å². The van der Waals surface area contributed by atoms with Crippen LogP contribution in [0.3, 0.4) is 0 Å². The molecular formula is C11H8ClN3OS. The summed E-state index contributed by atoms with van der Waals surface area (Å²) in [4.78, 5) is 13.6. The lowest BCUT2D eigenvalue weighted by molar-refractivity contribution is -0.117.